The summed E-state index contributed by atoms with van der Waals surface area (Å²) in [7, 11) is 1.59. The van der Waals surface area contributed by atoms with Crippen LogP contribution in [0.3, 0.4) is 0 Å². The third-order valence-electron chi connectivity index (χ3n) is 18.2. The number of H-pyrrole nitrogens is 3. The molecule has 614 valence electrons. The zero-order valence-electron chi connectivity index (χ0n) is 63.1. The van der Waals surface area contributed by atoms with E-state index >= 15 is 14.4 Å². The largest absolute Gasteiger partial charge is 0.481 e. The fourth-order valence-corrected chi connectivity index (χ4v) is 14.1. The second kappa shape index (κ2) is 43.7. The van der Waals surface area contributed by atoms with Crippen LogP contribution in [0.4, 0.5) is 0 Å². The molecule has 1 aliphatic heterocycles. The summed E-state index contributed by atoms with van der Waals surface area (Å²) in [4.78, 5) is 238. The summed E-state index contributed by atoms with van der Waals surface area (Å²) in [5.74, 6) is -20.7. The molecule has 14 amide bonds. The molecule has 25 N–H and O–H groups in total. The maximum absolute atomic E-state index is 15.1. The van der Waals surface area contributed by atoms with Crippen LogP contribution in [0, 0.1) is 17.2 Å². The van der Waals surface area contributed by atoms with Gasteiger partial charge in [0.05, 0.1) is 25.4 Å². The molecule has 5 aromatic rings. The van der Waals surface area contributed by atoms with Gasteiger partial charge in [0.2, 0.25) is 82.7 Å². The number of hydrogen-bond donors (Lipinski definition) is 23. The maximum Gasteiger partial charge on any atom is 0.328 e. The van der Waals surface area contributed by atoms with Crippen LogP contribution in [0.1, 0.15) is 104 Å². The molecule has 1 saturated heterocycles. The number of nitrogens with one attached hydrogen (secondary N) is 18. The highest BCUT2D eigenvalue weighted by Crippen LogP contribution is 2.26. The van der Waals surface area contributed by atoms with Gasteiger partial charge in [-0.05, 0) is 68.2 Å². The molecule has 0 unspecified atom stereocenters. The third kappa shape index (κ3) is 28.2. The highest BCUT2D eigenvalue weighted by atomic mass is 33.1. The first-order valence-electron chi connectivity index (χ1n) is 36.2. The van der Waals surface area contributed by atoms with E-state index in [1.807, 2.05) is 0 Å². The molecule has 0 saturated carbocycles. The van der Waals surface area contributed by atoms with E-state index in [2.05, 4.69) is 94.4 Å². The van der Waals surface area contributed by atoms with Crippen molar-refractivity contribution in [2.45, 2.75) is 185 Å². The SMILES string of the molecule is CC[C@H](C)[C@H](NC(C)=O)C(=O)N[C@H]1CSSC[C@@H](C(=O)N[C@@H](C(=O)O)[C@@H](C)O)NC(=O)[C@H](CCCNC(=N)N)NC(=O)[C@H](Cc2cnc[nH]2)NC(=O)[C@H](C)NC(=O)CNC(=O)[C@H](Cc2c[nH]c3ccccc23)NC(=O)[C@H](CC(=O)O)NC(=O)[C@H](CCC(N)=O)NC(=O)[C@H](Cc2c[nH]c3ccccc23)NC(=O)[C@H](C(C)C)NC1=O. The molecular formula is C71H99N21O19S2. The Balaban J connectivity index is 1.47. The number of primary amides is 1. The zero-order valence-corrected chi connectivity index (χ0v) is 64.7. The molecule has 4 heterocycles. The van der Waals surface area contributed by atoms with Crippen molar-refractivity contribution >= 4 is 144 Å². The summed E-state index contributed by atoms with van der Waals surface area (Å²) in [6.07, 6.45) is 0.567. The van der Waals surface area contributed by atoms with Gasteiger partial charge in [-0.25, -0.2) is 9.78 Å². The van der Waals surface area contributed by atoms with Crippen LogP contribution in [0.2, 0.25) is 0 Å². The Bertz CT molecular complexity index is 4250. The Labute approximate surface area is 655 Å². The molecular weight excluding hydrogens is 1520 g/mol. The molecule has 2 aromatic carbocycles. The monoisotopic (exact) mass is 1610 g/mol. The minimum Gasteiger partial charge on any atom is -0.481 e. The summed E-state index contributed by atoms with van der Waals surface area (Å²) in [6, 6.07) is -6.64. The molecule has 0 aliphatic carbocycles. The van der Waals surface area contributed by atoms with Crippen LogP contribution in [-0.2, 0) is 96.0 Å². The molecule has 0 spiro atoms. The number of aliphatic hydroxyl groups excluding tert-OH is 1. The second-order valence-electron chi connectivity index (χ2n) is 27.4. The van der Waals surface area contributed by atoms with Crippen molar-refractivity contribution in [3.8, 4) is 0 Å². The highest BCUT2D eigenvalue weighted by Gasteiger charge is 2.39. The molecule has 6 rings (SSSR count). The number of fused-ring (bicyclic) bond motifs is 2. The lowest BCUT2D eigenvalue weighted by atomic mass is 9.97. The first-order valence-corrected chi connectivity index (χ1v) is 38.7. The van der Waals surface area contributed by atoms with Gasteiger partial charge in [0, 0.05) is 96.7 Å². The van der Waals surface area contributed by atoms with Crippen LogP contribution in [0.5, 0.6) is 0 Å². The molecule has 0 radical (unpaired) electrons. The van der Waals surface area contributed by atoms with Gasteiger partial charge in [0.1, 0.15) is 66.5 Å². The van der Waals surface area contributed by atoms with Gasteiger partial charge in [0.15, 0.2) is 12.0 Å². The molecule has 42 heteroatoms. The lowest BCUT2D eigenvalue weighted by molar-refractivity contribution is -0.145. The summed E-state index contributed by atoms with van der Waals surface area (Å²) in [6.45, 7) is 8.95. The van der Waals surface area contributed by atoms with Crippen molar-refractivity contribution in [1.82, 2.24) is 94.4 Å². The number of carbonyl (C=O) groups is 16. The number of nitrogens with two attached hydrogens (primary N) is 2. The van der Waals surface area contributed by atoms with Crippen LogP contribution < -0.4 is 85.9 Å². The standard InChI is InChI=1S/C71H99N21O19S2/c1-8-34(4)57(82-37(7)94)69(109)90-52-31-113-112-30-51(67(107)92-58(36(6)93)70(110)111)89-61(101)45(18-13-21-76-71(73)74)83-64(104)49(24-40-28-75-32-80-40)85-59(99)35(5)81-54(96)29-79-60(100)47(22-38-26-77-43-16-11-9-14-41(38)43)86-65(105)50(25-55(97)98)87-62(102)46(19-20-53(72)95)84-63(103)48(88-68(108)56(33(2)3)91-66(52)106)23-39-27-78-44-17-12-10-15-42(39)44/h9-12,14-17,26-28,32-36,45-52,56-58,77-78,93H,8,13,18-25,29-31H2,1-7H3,(H2,72,95)(H,75,80)(H,79,100)(H,81,96)(H,82,94)(H,83,104)(H,84,103)(H,85,99)(H,86,105)(H,87,102)(H,88,108)(H,89,101)(H,90,109)(H,91,106)(H,92,107)(H,97,98)(H,110,111)(H4,73,74,76)/t34-,35-,36+,45-,46-,47-,48-,49-,50-,51-,52-,56-,57-,58+/m0/s1. The number of rotatable bonds is 25. The van der Waals surface area contributed by atoms with Crippen molar-refractivity contribution in [2.75, 3.05) is 24.6 Å². The molecule has 0 bridgehead atoms. The fourth-order valence-electron chi connectivity index (χ4n) is 11.8. The van der Waals surface area contributed by atoms with Gasteiger partial charge in [-0.2, -0.15) is 0 Å². The van der Waals surface area contributed by atoms with E-state index < -0.39 is 228 Å². The Morgan fingerprint density at radius 2 is 1.15 bits per heavy atom. The van der Waals surface area contributed by atoms with E-state index in [-0.39, 0.29) is 44.3 Å². The van der Waals surface area contributed by atoms with Crippen molar-refractivity contribution < 1.29 is 92.0 Å². The number of nitrogens with zero attached hydrogens (tertiary/aromatic N) is 1. The quantitative estimate of drug-likeness (QED) is 0.0114. The molecule has 40 nitrogen and oxygen atoms in total. The predicted molar refractivity (Wildman–Crippen MR) is 412 cm³/mol. The second-order valence-corrected chi connectivity index (χ2v) is 30.0. The lowest BCUT2D eigenvalue weighted by Crippen LogP contribution is -2.61. The number of aromatic amines is 3. The first kappa shape index (κ1) is 90.1. The third-order valence-corrected chi connectivity index (χ3v) is 20.6. The number of carbonyl (C=O) groups excluding carboxylic acids is 14. The minimum atomic E-state index is -2.06. The number of imidazole rings is 1. The number of para-hydroxylation sites is 2. The van der Waals surface area contributed by atoms with Gasteiger partial charge in [-0.3, -0.25) is 77.3 Å². The Morgan fingerprint density at radius 1 is 0.619 bits per heavy atom. The van der Waals surface area contributed by atoms with Gasteiger partial charge in [-0.1, -0.05) is 92.1 Å². The first-order chi connectivity index (χ1) is 53.5. The van der Waals surface area contributed by atoms with E-state index in [4.69, 9.17) is 16.9 Å². The van der Waals surface area contributed by atoms with Crippen LogP contribution in [0.25, 0.3) is 21.8 Å². The summed E-state index contributed by atoms with van der Waals surface area (Å²) in [5.41, 5.74) is 13.4. The minimum absolute atomic E-state index is 0.0192. The molecule has 113 heavy (non-hydrogen) atoms. The van der Waals surface area contributed by atoms with Gasteiger partial charge in [-0.15, -0.1) is 0 Å². The number of amides is 14. The summed E-state index contributed by atoms with van der Waals surface area (Å²) >= 11 is 0. The number of guanidine groups is 1. The average molecular weight is 1610 g/mol. The Kier molecular flexibility index (Phi) is 34.8. The van der Waals surface area contributed by atoms with Crippen LogP contribution in [0.15, 0.2) is 73.4 Å². The number of aliphatic hydroxyl groups is 1. The van der Waals surface area contributed by atoms with Crippen molar-refractivity contribution in [2.24, 2.45) is 23.3 Å². The molecule has 1 aliphatic rings. The fraction of sp³-hybridized carbons (Fsp3) is 0.493. The van der Waals surface area contributed by atoms with E-state index in [1.165, 1.54) is 46.4 Å². The zero-order chi connectivity index (χ0) is 83.3. The number of aliphatic carboxylic acids is 2. The van der Waals surface area contributed by atoms with Gasteiger partial charge >= 0.3 is 11.9 Å². The molecule has 14 atom stereocenters. The highest BCUT2D eigenvalue weighted by molar-refractivity contribution is 8.76. The molecule has 1 fully saturated rings. The summed E-state index contributed by atoms with van der Waals surface area (Å²) < 4.78 is 0. The van der Waals surface area contributed by atoms with E-state index in [0.29, 0.717) is 39.4 Å². The van der Waals surface area contributed by atoms with Gasteiger partial charge < -0.3 is 116 Å². The average Bonchev–Trinajstić information content (AvgIpc) is 1.73. The van der Waals surface area contributed by atoms with E-state index in [1.54, 1.807) is 68.6 Å². The number of carboxylic acids is 2. The number of hydrogen-bond acceptors (Lipinski definition) is 21. The molecule has 3 aromatic heterocycles. The normalized spacial score (nSPS) is 22.7. The predicted octanol–water partition coefficient (Wildman–Crippen LogP) is -4.06. The number of benzene rings is 2. The lowest BCUT2D eigenvalue weighted by Gasteiger charge is -2.29. The van der Waals surface area contributed by atoms with Crippen molar-refractivity contribution in [3.05, 3.63) is 90.3 Å². The van der Waals surface area contributed by atoms with E-state index in [9.17, 15) is 77.6 Å². The number of carboxylic acid groups (broad SMARTS) is 2. The van der Waals surface area contributed by atoms with Gasteiger partial charge in [0.25, 0.3) is 0 Å². The van der Waals surface area contributed by atoms with Crippen molar-refractivity contribution in [1.29, 1.82) is 5.41 Å². The Hall–Kier alpha value is -11.8. The van der Waals surface area contributed by atoms with E-state index in [0.717, 1.165) is 28.5 Å². The summed E-state index contributed by atoms with van der Waals surface area (Å²) in [5, 5.41) is 74.6. The van der Waals surface area contributed by atoms with Crippen molar-refractivity contribution in [3.63, 3.8) is 0 Å². The number of aromatic nitrogens is 4. The van der Waals surface area contributed by atoms with Crippen LogP contribution >= 0.6 is 21.6 Å². The smallest absolute Gasteiger partial charge is 0.328 e. The Morgan fingerprint density at radius 3 is 1.70 bits per heavy atom. The topological polar surface area (TPSA) is 638 Å². The maximum atomic E-state index is 15.1. The van der Waals surface area contributed by atoms with Crippen LogP contribution in [-0.4, -0.2) is 239 Å².